The SMILES string of the molecule is CCCCCCCC[C@H]1CCC(=O)[C@@H]1CCCCCC(C(=O)O)C(O)OCCO. The minimum atomic E-state index is -1.39. The summed E-state index contributed by atoms with van der Waals surface area (Å²) in [4.78, 5) is 23.6. The number of hydrogen-bond acceptors (Lipinski definition) is 5. The smallest absolute Gasteiger partial charge is 0.311 e. The molecule has 0 aromatic rings. The Balaban J connectivity index is 2.24. The number of aliphatic carboxylic acids is 1. The number of carboxylic acid groups (broad SMARTS) is 1. The number of ketones is 1. The minimum absolute atomic E-state index is 0.0747. The van der Waals surface area contributed by atoms with Crippen molar-refractivity contribution in [2.45, 2.75) is 103 Å². The van der Waals surface area contributed by atoms with E-state index in [0.29, 0.717) is 24.5 Å². The monoisotopic (exact) mass is 414 g/mol. The van der Waals surface area contributed by atoms with E-state index in [1.807, 2.05) is 0 Å². The van der Waals surface area contributed by atoms with Gasteiger partial charge in [-0.1, -0.05) is 64.7 Å². The molecule has 1 aliphatic rings. The number of carbonyl (C=O) groups is 2. The molecular weight excluding hydrogens is 372 g/mol. The summed E-state index contributed by atoms with van der Waals surface area (Å²) in [5.41, 5.74) is 0. The summed E-state index contributed by atoms with van der Waals surface area (Å²) in [6, 6.07) is 0. The fraction of sp³-hybridized carbons (Fsp3) is 0.913. The molecule has 0 bridgehead atoms. The predicted molar refractivity (Wildman–Crippen MR) is 112 cm³/mol. The molecule has 0 aromatic heterocycles. The third-order valence-corrected chi connectivity index (χ3v) is 6.24. The van der Waals surface area contributed by atoms with Gasteiger partial charge in [0.25, 0.3) is 0 Å². The van der Waals surface area contributed by atoms with Crippen LogP contribution in [0.5, 0.6) is 0 Å². The Bertz CT molecular complexity index is 453. The fourth-order valence-corrected chi connectivity index (χ4v) is 4.49. The lowest BCUT2D eigenvalue weighted by atomic mass is 9.86. The second-order valence-electron chi connectivity index (χ2n) is 8.50. The molecule has 0 amide bonds. The quantitative estimate of drug-likeness (QED) is 0.228. The predicted octanol–water partition coefficient (Wildman–Crippen LogP) is 4.31. The molecule has 0 aromatic carbocycles. The van der Waals surface area contributed by atoms with Crippen LogP contribution in [0.3, 0.4) is 0 Å². The highest BCUT2D eigenvalue weighted by Gasteiger charge is 2.33. The normalized spacial score (nSPS) is 21.4. The largest absolute Gasteiger partial charge is 0.481 e. The van der Waals surface area contributed by atoms with Crippen molar-refractivity contribution in [2.24, 2.45) is 17.8 Å². The van der Waals surface area contributed by atoms with E-state index in [4.69, 9.17) is 9.84 Å². The van der Waals surface area contributed by atoms with Crippen LogP contribution in [0.1, 0.15) is 96.8 Å². The number of carboxylic acids is 1. The number of unbranched alkanes of at least 4 members (excludes halogenated alkanes) is 7. The van der Waals surface area contributed by atoms with Crippen LogP contribution < -0.4 is 0 Å². The first-order chi connectivity index (χ1) is 14.0. The number of rotatable bonds is 18. The summed E-state index contributed by atoms with van der Waals surface area (Å²) in [7, 11) is 0. The standard InChI is InChI=1S/C23H42O6/c1-2-3-4-5-6-8-11-18-14-15-21(25)19(18)12-9-7-10-13-20(22(26)27)23(28)29-17-16-24/h18-20,23-24,28H,2-17H2,1H3,(H,26,27)/t18-,19+,20?,23?/m0/s1. The molecule has 0 radical (unpaired) electrons. The Morgan fingerprint density at radius 3 is 2.41 bits per heavy atom. The molecular formula is C23H42O6. The topological polar surface area (TPSA) is 104 Å². The average Bonchev–Trinajstić information content (AvgIpc) is 3.04. The molecule has 0 heterocycles. The van der Waals surface area contributed by atoms with Crippen LogP contribution in [0.4, 0.5) is 0 Å². The molecule has 6 nitrogen and oxygen atoms in total. The molecule has 0 aliphatic heterocycles. The van der Waals surface area contributed by atoms with Gasteiger partial charge in [0, 0.05) is 12.3 Å². The van der Waals surface area contributed by atoms with Crippen molar-refractivity contribution in [3.63, 3.8) is 0 Å². The van der Waals surface area contributed by atoms with Crippen molar-refractivity contribution in [1.29, 1.82) is 0 Å². The van der Waals surface area contributed by atoms with Gasteiger partial charge < -0.3 is 20.1 Å². The van der Waals surface area contributed by atoms with Crippen LogP contribution in [0.25, 0.3) is 0 Å². The van der Waals surface area contributed by atoms with E-state index in [1.165, 1.54) is 38.5 Å². The number of aliphatic hydroxyl groups excluding tert-OH is 2. The molecule has 1 rings (SSSR count). The number of ether oxygens (including phenoxy) is 1. The van der Waals surface area contributed by atoms with Gasteiger partial charge in [0.1, 0.15) is 11.7 Å². The summed E-state index contributed by atoms with van der Waals surface area (Å²) in [6.45, 7) is 1.90. The second-order valence-corrected chi connectivity index (χ2v) is 8.50. The van der Waals surface area contributed by atoms with Crippen molar-refractivity contribution in [3.8, 4) is 0 Å². The lowest BCUT2D eigenvalue weighted by Crippen LogP contribution is -2.31. The van der Waals surface area contributed by atoms with Gasteiger partial charge >= 0.3 is 5.97 Å². The van der Waals surface area contributed by atoms with E-state index in [-0.39, 0.29) is 19.1 Å². The Morgan fingerprint density at radius 1 is 1.07 bits per heavy atom. The van der Waals surface area contributed by atoms with E-state index in [9.17, 15) is 19.8 Å². The van der Waals surface area contributed by atoms with E-state index in [2.05, 4.69) is 6.92 Å². The van der Waals surface area contributed by atoms with E-state index in [0.717, 1.165) is 38.5 Å². The lowest BCUT2D eigenvalue weighted by molar-refractivity contribution is -0.173. The Labute approximate surface area is 176 Å². The first kappa shape index (κ1) is 26.1. The zero-order chi connectivity index (χ0) is 21.5. The first-order valence-electron chi connectivity index (χ1n) is 11.7. The molecule has 4 atom stereocenters. The van der Waals surface area contributed by atoms with Crippen LogP contribution in [-0.4, -0.2) is 46.6 Å². The van der Waals surface area contributed by atoms with Gasteiger partial charge in [-0.15, -0.1) is 0 Å². The van der Waals surface area contributed by atoms with Crippen LogP contribution in [0, 0.1) is 17.8 Å². The van der Waals surface area contributed by atoms with Crippen LogP contribution in [0.15, 0.2) is 0 Å². The van der Waals surface area contributed by atoms with Gasteiger partial charge in [-0.05, 0) is 31.6 Å². The summed E-state index contributed by atoms with van der Waals surface area (Å²) >= 11 is 0. The molecule has 3 N–H and O–H groups in total. The van der Waals surface area contributed by atoms with Crippen LogP contribution in [-0.2, 0) is 14.3 Å². The van der Waals surface area contributed by atoms with Gasteiger partial charge in [0.2, 0.25) is 0 Å². The molecule has 0 spiro atoms. The zero-order valence-corrected chi connectivity index (χ0v) is 18.2. The van der Waals surface area contributed by atoms with Gasteiger partial charge in [0.15, 0.2) is 6.29 Å². The van der Waals surface area contributed by atoms with Crippen molar-refractivity contribution < 1.29 is 29.6 Å². The minimum Gasteiger partial charge on any atom is -0.481 e. The first-order valence-corrected chi connectivity index (χ1v) is 11.7. The summed E-state index contributed by atoms with van der Waals surface area (Å²) in [5, 5.41) is 27.8. The molecule has 29 heavy (non-hydrogen) atoms. The number of carbonyl (C=O) groups excluding carboxylic acids is 1. The summed E-state index contributed by atoms with van der Waals surface area (Å²) < 4.78 is 4.93. The van der Waals surface area contributed by atoms with Gasteiger partial charge in [-0.3, -0.25) is 9.59 Å². The number of Topliss-reactive ketones (excluding diaryl/α,β-unsaturated/α-hetero) is 1. The van der Waals surface area contributed by atoms with Gasteiger partial charge in [0.05, 0.1) is 13.2 Å². The Morgan fingerprint density at radius 2 is 1.72 bits per heavy atom. The third-order valence-electron chi connectivity index (χ3n) is 6.24. The van der Waals surface area contributed by atoms with Crippen molar-refractivity contribution in [2.75, 3.05) is 13.2 Å². The van der Waals surface area contributed by atoms with E-state index in [1.54, 1.807) is 0 Å². The third kappa shape index (κ3) is 10.6. The average molecular weight is 415 g/mol. The van der Waals surface area contributed by atoms with Gasteiger partial charge in [-0.25, -0.2) is 0 Å². The highest BCUT2D eigenvalue weighted by atomic mass is 16.6. The Hall–Kier alpha value is -0.980. The second kappa shape index (κ2) is 15.8. The maximum absolute atomic E-state index is 12.3. The molecule has 2 unspecified atom stereocenters. The molecule has 1 aliphatic carbocycles. The zero-order valence-electron chi connectivity index (χ0n) is 18.2. The lowest BCUT2D eigenvalue weighted by Gasteiger charge is -2.20. The molecule has 170 valence electrons. The Kier molecular flexibility index (Phi) is 14.2. The molecule has 6 heteroatoms. The van der Waals surface area contributed by atoms with Crippen molar-refractivity contribution in [3.05, 3.63) is 0 Å². The molecule has 1 fully saturated rings. The highest BCUT2D eigenvalue weighted by Crippen LogP contribution is 2.36. The van der Waals surface area contributed by atoms with Crippen LogP contribution >= 0.6 is 0 Å². The van der Waals surface area contributed by atoms with Crippen LogP contribution in [0.2, 0.25) is 0 Å². The van der Waals surface area contributed by atoms with Crippen molar-refractivity contribution in [1.82, 2.24) is 0 Å². The van der Waals surface area contributed by atoms with E-state index < -0.39 is 18.2 Å². The molecule has 0 saturated heterocycles. The number of hydrogen-bond donors (Lipinski definition) is 3. The molecule has 1 saturated carbocycles. The summed E-state index contributed by atoms with van der Waals surface area (Å²) in [6.07, 6.45) is 12.9. The fourth-order valence-electron chi connectivity index (χ4n) is 4.49. The van der Waals surface area contributed by atoms with E-state index >= 15 is 0 Å². The summed E-state index contributed by atoms with van der Waals surface area (Å²) in [5.74, 6) is -0.915. The highest BCUT2D eigenvalue weighted by molar-refractivity contribution is 5.83. The number of aliphatic hydroxyl groups is 2. The maximum Gasteiger partial charge on any atom is 0.311 e. The van der Waals surface area contributed by atoms with Crippen molar-refractivity contribution >= 4 is 11.8 Å². The van der Waals surface area contributed by atoms with Gasteiger partial charge in [-0.2, -0.15) is 0 Å². The maximum atomic E-state index is 12.3.